The van der Waals surface area contributed by atoms with Crippen LogP contribution in [0, 0.1) is 0 Å². The number of phenolic OH excluding ortho intramolecular Hbond substituents is 1. The molecule has 0 fully saturated rings. The van der Waals surface area contributed by atoms with Gasteiger partial charge in [-0.2, -0.15) is 0 Å². The van der Waals surface area contributed by atoms with E-state index in [1.165, 1.54) is 25.3 Å². The molecule has 6 heteroatoms. The number of carbonyl (C=O) groups excluding carboxylic acids is 1. The Morgan fingerprint density at radius 1 is 1.43 bits per heavy atom. The van der Waals surface area contributed by atoms with Crippen molar-refractivity contribution in [3.05, 3.63) is 23.8 Å². The molecule has 5 nitrogen and oxygen atoms in total. The zero-order chi connectivity index (χ0) is 9.14. The van der Waals surface area contributed by atoms with Crippen molar-refractivity contribution >= 4 is 19.3 Å². The first-order chi connectivity index (χ1) is 5.65. The average Bonchev–Trinajstić information content (AvgIpc) is 2.03. The first-order valence-electron chi connectivity index (χ1n) is 3.32. The Hall–Kier alpha value is -1.53. The fourth-order valence-corrected chi connectivity index (χ4v) is 0.831. The smallest absolute Gasteiger partial charge is 0.870 e. The first kappa shape index (κ1) is 15.0. The van der Waals surface area contributed by atoms with Crippen LogP contribution in [-0.2, 0) is 4.74 Å². The van der Waals surface area contributed by atoms with Gasteiger partial charge in [-0.3, -0.25) is 0 Å². The van der Waals surface area contributed by atoms with Gasteiger partial charge in [0.2, 0.25) is 0 Å². The molecular weight excluding hydrogens is 187 g/mol. The number of aromatic hydroxyl groups is 1. The molecule has 0 unspecified atom stereocenters. The summed E-state index contributed by atoms with van der Waals surface area (Å²) in [7, 11) is 6.61. The number of rotatable bonds is 1. The third-order valence-electron chi connectivity index (χ3n) is 1.43. The van der Waals surface area contributed by atoms with E-state index < -0.39 is 5.97 Å². The maximum atomic E-state index is 10.9. The number of carbonyl (C=O) groups is 1. The van der Waals surface area contributed by atoms with Gasteiger partial charge in [0.15, 0.2) is 0 Å². The van der Waals surface area contributed by atoms with Crippen LogP contribution in [-0.4, -0.2) is 37.0 Å². The first-order valence-corrected chi connectivity index (χ1v) is 3.32. The molecule has 74 valence electrons. The van der Waals surface area contributed by atoms with E-state index in [0.29, 0.717) is 5.46 Å². The van der Waals surface area contributed by atoms with Gasteiger partial charge in [-0.15, -0.1) is 0 Å². The van der Waals surface area contributed by atoms with Gasteiger partial charge in [-0.25, -0.2) is 0 Å². The van der Waals surface area contributed by atoms with Gasteiger partial charge in [-0.05, 0) is 0 Å². The van der Waals surface area contributed by atoms with E-state index in [4.69, 9.17) is 7.85 Å². The van der Waals surface area contributed by atoms with Gasteiger partial charge >= 0.3 is 70.5 Å². The van der Waals surface area contributed by atoms with Crippen molar-refractivity contribution in [1.82, 2.24) is 0 Å². The summed E-state index contributed by atoms with van der Waals surface area (Å²) >= 11 is 0. The zero-order valence-electron chi connectivity index (χ0n) is 7.47. The predicted molar refractivity (Wildman–Crippen MR) is 48.7 cm³/mol. The van der Waals surface area contributed by atoms with Crippen LogP contribution in [0.15, 0.2) is 18.2 Å². The third-order valence-corrected chi connectivity index (χ3v) is 1.43. The number of esters is 1. The van der Waals surface area contributed by atoms with Crippen molar-refractivity contribution in [1.29, 1.82) is 0 Å². The van der Waals surface area contributed by atoms with Crippen LogP contribution in [0.5, 0.6) is 5.75 Å². The van der Waals surface area contributed by atoms with Crippen molar-refractivity contribution in [2.45, 2.75) is 0 Å². The monoisotopic (exact) mass is 196 g/mol. The molecule has 0 atom stereocenters. The second-order valence-corrected chi connectivity index (χ2v) is 2.27. The number of hydrogen-bond acceptors (Lipinski definition) is 5. The second-order valence-electron chi connectivity index (χ2n) is 2.27. The van der Waals surface area contributed by atoms with Crippen LogP contribution in [0.3, 0.4) is 0 Å². The van der Waals surface area contributed by atoms with Crippen molar-refractivity contribution < 1.29 is 25.6 Å². The fourth-order valence-electron chi connectivity index (χ4n) is 0.831. The molecule has 0 heterocycles. The fraction of sp³-hybridized carbons (Fsp3) is 0.125. The number of hydrogen-bond donors (Lipinski definition) is 1. The van der Waals surface area contributed by atoms with Crippen LogP contribution in [0.4, 0.5) is 0 Å². The number of phenols is 1. The molecule has 0 radical (unpaired) electrons. The molecule has 0 aliphatic carbocycles. The van der Waals surface area contributed by atoms with Crippen LogP contribution in [0.2, 0.25) is 0 Å². The molecule has 0 spiro atoms. The number of benzene rings is 1. The summed E-state index contributed by atoms with van der Waals surface area (Å²) in [6, 6.07) is 4.23. The normalized spacial score (nSPS) is 8.21. The Balaban J connectivity index is 0. The third kappa shape index (κ3) is 3.08. The maximum absolute atomic E-state index is 10.9. The minimum atomic E-state index is -0.576. The van der Waals surface area contributed by atoms with Crippen LogP contribution in [0.1, 0.15) is 10.4 Å². The van der Waals surface area contributed by atoms with E-state index in [2.05, 4.69) is 4.74 Å². The van der Waals surface area contributed by atoms with Crippen molar-refractivity contribution in [3.63, 3.8) is 0 Å². The Labute approximate surface area is 82.3 Å². The summed E-state index contributed by atoms with van der Waals surface area (Å²) < 4.78 is 4.42. The molecule has 0 saturated heterocycles. The second kappa shape index (κ2) is 6.01. The summed E-state index contributed by atoms with van der Waals surface area (Å²) in [5, 5.41) is 9.21. The maximum Gasteiger partial charge on any atom is -0.870 e. The SMILES string of the molecule is [B+2]c1ccc(C(=O)OC)c(O)c1.[OH-].[OH-]. The molecule has 0 aromatic heterocycles. The molecule has 0 aliphatic heterocycles. The Morgan fingerprint density at radius 3 is 2.43 bits per heavy atom. The van der Waals surface area contributed by atoms with Crippen molar-refractivity contribution in [3.8, 4) is 5.75 Å². The van der Waals surface area contributed by atoms with Gasteiger partial charge in [0, 0.05) is 0 Å². The summed E-state index contributed by atoms with van der Waals surface area (Å²) in [4.78, 5) is 10.9. The van der Waals surface area contributed by atoms with Crippen LogP contribution in [0.25, 0.3) is 0 Å². The van der Waals surface area contributed by atoms with E-state index >= 15 is 0 Å². The topological polar surface area (TPSA) is 107 Å². The Morgan fingerprint density at radius 2 is 2.00 bits per heavy atom. The minimum absolute atomic E-state index is 0. The molecule has 1 rings (SSSR count). The largest absolute Gasteiger partial charge is 0.870 e. The van der Waals surface area contributed by atoms with Crippen molar-refractivity contribution in [2.24, 2.45) is 0 Å². The van der Waals surface area contributed by atoms with E-state index in [0.717, 1.165) is 0 Å². The Kier molecular flexibility index (Phi) is 6.43. The summed E-state index contributed by atoms with van der Waals surface area (Å²) in [5.41, 5.74) is 0.520. The minimum Gasteiger partial charge on any atom is -0.870 e. The molecule has 1 aromatic rings. The summed E-state index contributed by atoms with van der Waals surface area (Å²) in [5.74, 6) is -0.741. The van der Waals surface area contributed by atoms with Gasteiger partial charge in [0.05, 0.1) is 0 Å². The molecule has 14 heavy (non-hydrogen) atoms. The average molecular weight is 196 g/mol. The Bertz CT molecular complexity index is 313. The predicted octanol–water partition coefficient (Wildman–Crippen LogP) is -0.381. The van der Waals surface area contributed by atoms with Crippen LogP contribution < -0.4 is 5.46 Å². The molecule has 0 bridgehead atoms. The van der Waals surface area contributed by atoms with Crippen LogP contribution >= 0.6 is 0 Å². The number of methoxy groups -OCH3 is 1. The number of ether oxygens (including phenoxy) is 1. The zero-order valence-corrected chi connectivity index (χ0v) is 7.47. The molecule has 3 N–H and O–H groups in total. The molecular formula is C8H9BO5. The van der Waals surface area contributed by atoms with Gasteiger partial charge in [0.25, 0.3) is 0 Å². The molecule has 1 aromatic carbocycles. The standard InChI is InChI=1S/C8H7BO3.2H2O/c1-12-8(11)6-3-2-5(9)4-7(6)10;;/h2-4,10H,1H3;2*1H2/q+2;;/p-2. The quantitative estimate of drug-likeness (QED) is 0.486. The van der Waals surface area contributed by atoms with Crippen molar-refractivity contribution in [2.75, 3.05) is 7.11 Å². The van der Waals surface area contributed by atoms with Gasteiger partial charge in [-0.1, -0.05) is 0 Å². The molecule has 0 aliphatic rings. The van der Waals surface area contributed by atoms with Gasteiger partial charge < -0.3 is 11.0 Å². The van der Waals surface area contributed by atoms with Gasteiger partial charge in [0.1, 0.15) is 0 Å². The summed E-state index contributed by atoms with van der Waals surface area (Å²) in [6.45, 7) is 0. The summed E-state index contributed by atoms with van der Waals surface area (Å²) in [6.07, 6.45) is 0. The molecule has 0 amide bonds. The van der Waals surface area contributed by atoms with E-state index in [9.17, 15) is 9.90 Å². The van der Waals surface area contributed by atoms with E-state index in [-0.39, 0.29) is 22.3 Å². The molecule has 0 saturated carbocycles. The van der Waals surface area contributed by atoms with E-state index in [1.807, 2.05) is 0 Å². The van der Waals surface area contributed by atoms with E-state index in [1.54, 1.807) is 0 Å².